The van der Waals surface area contributed by atoms with Crippen LogP contribution in [0.5, 0.6) is 5.75 Å². The van der Waals surface area contributed by atoms with E-state index in [1.54, 1.807) is 7.11 Å². The second kappa shape index (κ2) is 7.66. The second-order valence-corrected chi connectivity index (χ2v) is 6.39. The van der Waals surface area contributed by atoms with Gasteiger partial charge in [0.2, 0.25) is 11.8 Å². The SMILES string of the molecule is COc1cccc(CCC(=O)N2CCCN3CCNC(=O)C3C2)c1. The lowest BCUT2D eigenvalue weighted by molar-refractivity contribution is -0.134. The number of fused-ring (bicyclic) bond motifs is 1. The summed E-state index contributed by atoms with van der Waals surface area (Å²) in [5.41, 5.74) is 1.09. The number of methoxy groups -OCH3 is 1. The van der Waals surface area contributed by atoms with Gasteiger partial charge >= 0.3 is 0 Å². The Hall–Kier alpha value is -2.08. The molecule has 3 rings (SSSR count). The molecule has 130 valence electrons. The Balaban J connectivity index is 1.58. The van der Waals surface area contributed by atoms with Crippen LogP contribution < -0.4 is 10.1 Å². The zero-order valence-electron chi connectivity index (χ0n) is 14.2. The highest BCUT2D eigenvalue weighted by molar-refractivity contribution is 5.84. The maximum Gasteiger partial charge on any atom is 0.239 e. The predicted octanol–water partition coefficient (Wildman–Crippen LogP) is 0.661. The Kier molecular flexibility index (Phi) is 5.35. The third-order valence-electron chi connectivity index (χ3n) is 4.82. The molecule has 0 saturated carbocycles. The van der Waals surface area contributed by atoms with Gasteiger partial charge in [-0.2, -0.15) is 0 Å². The molecular formula is C18H25N3O3. The van der Waals surface area contributed by atoms with E-state index in [0.717, 1.165) is 37.4 Å². The van der Waals surface area contributed by atoms with Crippen molar-refractivity contribution in [3.63, 3.8) is 0 Å². The number of aryl methyl sites for hydroxylation is 1. The van der Waals surface area contributed by atoms with E-state index >= 15 is 0 Å². The van der Waals surface area contributed by atoms with Crippen LogP contribution in [-0.4, -0.2) is 67.5 Å². The summed E-state index contributed by atoms with van der Waals surface area (Å²) in [5.74, 6) is 0.982. The summed E-state index contributed by atoms with van der Waals surface area (Å²) < 4.78 is 5.22. The number of carbonyl (C=O) groups is 2. The third kappa shape index (κ3) is 3.87. The number of rotatable bonds is 4. The summed E-state index contributed by atoms with van der Waals surface area (Å²) in [6.07, 6.45) is 2.07. The summed E-state index contributed by atoms with van der Waals surface area (Å²) in [6, 6.07) is 7.62. The van der Waals surface area contributed by atoms with Crippen LogP contribution in [0.15, 0.2) is 24.3 Å². The van der Waals surface area contributed by atoms with E-state index in [-0.39, 0.29) is 17.9 Å². The Morgan fingerprint density at radius 1 is 1.33 bits per heavy atom. The van der Waals surface area contributed by atoms with Gasteiger partial charge in [-0.3, -0.25) is 14.5 Å². The topological polar surface area (TPSA) is 61.9 Å². The zero-order chi connectivity index (χ0) is 16.9. The highest BCUT2D eigenvalue weighted by atomic mass is 16.5. The molecule has 0 bridgehead atoms. The van der Waals surface area contributed by atoms with Gasteiger partial charge in [0.1, 0.15) is 11.8 Å². The molecule has 1 N–H and O–H groups in total. The molecule has 0 spiro atoms. The van der Waals surface area contributed by atoms with Crippen LogP contribution in [-0.2, 0) is 16.0 Å². The van der Waals surface area contributed by atoms with Crippen LogP contribution in [0.2, 0.25) is 0 Å². The van der Waals surface area contributed by atoms with Crippen molar-refractivity contribution in [2.24, 2.45) is 0 Å². The van der Waals surface area contributed by atoms with Crippen molar-refractivity contribution in [1.82, 2.24) is 15.1 Å². The van der Waals surface area contributed by atoms with Crippen LogP contribution in [0.1, 0.15) is 18.4 Å². The van der Waals surface area contributed by atoms with Crippen molar-refractivity contribution in [1.29, 1.82) is 0 Å². The van der Waals surface area contributed by atoms with Gasteiger partial charge < -0.3 is 15.0 Å². The van der Waals surface area contributed by atoms with Gasteiger partial charge in [-0.25, -0.2) is 0 Å². The molecule has 0 aromatic heterocycles. The smallest absolute Gasteiger partial charge is 0.239 e. The minimum absolute atomic E-state index is 0.0498. The van der Waals surface area contributed by atoms with E-state index in [1.165, 1.54) is 0 Å². The molecule has 2 heterocycles. The largest absolute Gasteiger partial charge is 0.497 e. The van der Waals surface area contributed by atoms with Crippen molar-refractivity contribution in [3.8, 4) is 5.75 Å². The van der Waals surface area contributed by atoms with Gasteiger partial charge in [0.25, 0.3) is 0 Å². The molecule has 2 fully saturated rings. The highest BCUT2D eigenvalue weighted by Gasteiger charge is 2.34. The molecule has 6 nitrogen and oxygen atoms in total. The molecule has 0 aliphatic carbocycles. The number of piperazine rings is 1. The Labute approximate surface area is 142 Å². The van der Waals surface area contributed by atoms with Crippen LogP contribution in [0, 0.1) is 0 Å². The van der Waals surface area contributed by atoms with Gasteiger partial charge in [0.05, 0.1) is 7.11 Å². The van der Waals surface area contributed by atoms with Crippen molar-refractivity contribution < 1.29 is 14.3 Å². The number of amides is 2. The van der Waals surface area contributed by atoms with Crippen molar-refractivity contribution in [2.75, 3.05) is 39.8 Å². The molecule has 1 aromatic carbocycles. The standard InChI is InChI=1S/C18H25N3O3/c1-24-15-5-2-4-14(12-15)6-7-17(22)21-10-3-9-20-11-8-19-18(23)16(20)13-21/h2,4-5,12,16H,3,6-11,13H2,1H3,(H,19,23). The number of hydrogen-bond acceptors (Lipinski definition) is 4. The first-order valence-electron chi connectivity index (χ1n) is 8.60. The Morgan fingerprint density at radius 2 is 2.21 bits per heavy atom. The maximum atomic E-state index is 12.6. The second-order valence-electron chi connectivity index (χ2n) is 6.39. The first-order chi connectivity index (χ1) is 11.7. The van der Waals surface area contributed by atoms with E-state index in [0.29, 0.717) is 25.9 Å². The lowest BCUT2D eigenvalue weighted by Crippen LogP contribution is -2.58. The number of nitrogens with one attached hydrogen (secondary N) is 1. The lowest BCUT2D eigenvalue weighted by atomic mass is 10.1. The Morgan fingerprint density at radius 3 is 3.04 bits per heavy atom. The first kappa shape index (κ1) is 16.8. The summed E-state index contributed by atoms with van der Waals surface area (Å²) in [5, 5.41) is 2.91. The van der Waals surface area contributed by atoms with E-state index in [9.17, 15) is 9.59 Å². The monoisotopic (exact) mass is 331 g/mol. The molecule has 1 aromatic rings. The summed E-state index contributed by atoms with van der Waals surface area (Å²) in [4.78, 5) is 28.8. The fraction of sp³-hybridized carbons (Fsp3) is 0.556. The van der Waals surface area contributed by atoms with Crippen LogP contribution in [0.4, 0.5) is 0 Å². The van der Waals surface area contributed by atoms with Crippen molar-refractivity contribution in [2.45, 2.75) is 25.3 Å². The third-order valence-corrected chi connectivity index (χ3v) is 4.82. The van der Waals surface area contributed by atoms with E-state index in [4.69, 9.17) is 4.74 Å². The quantitative estimate of drug-likeness (QED) is 0.880. The lowest BCUT2D eigenvalue weighted by Gasteiger charge is -2.34. The Bertz CT molecular complexity index is 605. The fourth-order valence-corrected chi connectivity index (χ4v) is 3.46. The molecule has 0 radical (unpaired) electrons. The highest BCUT2D eigenvalue weighted by Crippen LogP contribution is 2.16. The molecule has 24 heavy (non-hydrogen) atoms. The average molecular weight is 331 g/mol. The minimum atomic E-state index is -0.193. The number of nitrogens with zero attached hydrogens (tertiary/aromatic N) is 2. The van der Waals surface area contributed by atoms with Crippen molar-refractivity contribution in [3.05, 3.63) is 29.8 Å². The van der Waals surface area contributed by atoms with E-state index in [2.05, 4.69) is 10.2 Å². The molecular weight excluding hydrogens is 306 g/mol. The first-order valence-corrected chi connectivity index (χ1v) is 8.60. The van der Waals surface area contributed by atoms with Gasteiger partial charge in [-0.1, -0.05) is 12.1 Å². The molecule has 2 saturated heterocycles. The molecule has 6 heteroatoms. The van der Waals surface area contributed by atoms with Gasteiger partial charge in [0, 0.05) is 39.1 Å². The van der Waals surface area contributed by atoms with Crippen LogP contribution >= 0.6 is 0 Å². The fourth-order valence-electron chi connectivity index (χ4n) is 3.46. The summed E-state index contributed by atoms with van der Waals surface area (Å²) in [7, 11) is 1.64. The minimum Gasteiger partial charge on any atom is -0.497 e. The van der Waals surface area contributed by atoms with Gasteiger partial charge in [-0.15, -0.1) is 0 Å². The molecule has 2 aliphatic rings. The van der Waals surface area contributed by atoms with E-state index < -0.39 is 0 Å². The average Bonchev–Trinajstić information content (AvgIpc) is 2.83. The van der Waals surface area contributed by atoms with Gasteiger partial charge in [0.15, 0.2) is 0 Å². The molecule has 1 atom stereocenters. The maximum absolute atomic E-state index is 12.6. The van der Waals surface area contributed by atoms with Crippen LogP contribution in [0.25, 0.3) is 0 Å². The van der Waals surface area contributed by atoms with Crippen molar-refractivity contribution >= 4 is 11.8 Å². The number of ether oxygens (including phenoxy) is 1. The molecule has 2 amide bonds. The normalized spacial score (nSPS) is 21.6. The molecule has 1 unspecified atom stereocenters. The van der Waals surface area contributed by atoms with Gasteiger partial charge in [-0.05, 0) is 30.5 Å². The van der Waals surface area contributed by atoms with E-state index in [1.807, 2.05) is 29.2 Å². The summed E-state index contributed by atoms with van der Waals surface area (Å²) in [6.45, 7) is 3.71. The number of hydrogen-bond donors (Lipinski definition) is 1. The van der Waals surface area contributed by atoms with Crippen LogP contribution in [0.3, 0.4) is 0 Å². The predicted molar refractivity (Wildman–Crippen MR) is 90.9 cm³/mol. The molecule has 2 aliphatic heterocycles. The number of benzene rings is 1. The number of carbonyl (C=O) groups excluding carboxylic acids is 2. The zero-order valence-corrected chi connectivity index (χ0v) is 14.2. The summed E-state index contributed by atoms with van der Waals surface area (Å²) >= 11 is 0.